The van der Waals surface area contributed by atoms with Crippen molar-refractivity contribution in [3.8, 4) is 0 Å². The third kappa shape index (κ3) is 2.00. The van der Waals surface area contributed by atoms with Crippen molar-refractivity contribution in [2.75, 3.05) is 0 Å². The molecule has 0 spiro atoms. The van der Waals surface area contributed by atoms with Crippen molar-refractivity contribution >= 4 is 5.78 Å². The predicted octanol–water partition coefficient (Wildman–Crippen LogP) is 4.28. The topological polar surface area (TPSA) is 37.3 Å². The molecule has 0 aromatic heterocycles. The van der Waals surface area contributed by atoms with Crippen LogP contribution in [0.5, 0.6) is 0 Å². The van der Waals surface area contributed by atoms with Crippen LogP contribution >= 0.6 is 0 Å². The maximum atomic E-state index is 11.7. The zero-order valence-electron chi connectivity index (χ0n) is 14.0. The minimum Gasteiger partial charge on any atom is -0.389 e. The fourth-order valence-corrected chi connectivity index (χ4v) is 5.68. The largest absolute Gasteiger partial charge is 0.389 e. The number of carbonyl (C=O) groups is 1. The maximum Gasteiger partial charge on any atom is 0.156 e. The summed E-state index contributed by atoms with van der Waals surface area (Å²) in [7, 11) is 0. The van der Waals surface area contributed by atoms with Crippen LogP contribution in [0.4, 0.5) is 0 Å². The average molecular weight is 310 g/mol. The van der Waals surface area contributed by atoms with Crippen LogP contribution in [0.3, 0.4) is 0 Å². The standard InChI is InChI=1S/C21H26O2/c1-3-10-21(23)12-9-19-18-6-4-14-13-15(22)5-7-16(14)17(18)8-11-20(19,21)2/h3,8,11,13,18-19,23H,1,4-7,9-10,12H2,2H3/t18-,19?,20+,21+/m1/s1. The van der Waals surface area contributed by atoms with Crippen molar-refractivity contribution in [1.29, 1.82) is 0 Å². The molecule has 1 unspecified atom stereocenters. The summed E-state index contributed by atoms with van der Waals surface area (Å²) in [6.07, 6.45) is 14.6. The number of fused-ring (bicyclic) bond motifs is 4. The number of aliphatic hydroxyl groups is 1. The van der Waals surface area contributed by atoms with E-state index in [0.29, 0.717) is 24.7 Å². The van der Waals surface area contributed by atoms with Crippen molar-refractivity contribution in [3.05, 3.63) is 47.6 Å². The van der Waals surface area contributed by atoms with Crippen LogP contribution in [0.15, 0.2) is 47.6 Å². The third-order valence-electron chi connectivity index (χ3n) is 7.04. The number of ketones is 1. The fourth-order valence-electron chi connectivity index (χ4n) is 5.68. The molecule has 4 atom stereocenters. The zero-order valence-corrected chi connectivity index (χ0v) is 14.0. The maximum absolute atomic E-state index is 11.7. The Labute approximate surface area is 138 Å². The van der Waals surface area contributed by atoms with Gasteiger partial charge in [-0.05, 0) is 73.2 Å². The summed E-state index contributed by atoms with van der Waals surface area (Å²) in [6, 6.07) is 0. The Hall–Kier alpha value is -1.41. The number of allylic oxidation sites excluding steroid dienone is 5. The van der Waals surface area contributed by atoms with Gasteiger partial charge >= 0.3 is 0 Å². The number of carbonyl (C=O) groups excluding carboxylic acids is 1. The molecule has 4 rings (SSSR count). The van der Waals surface area contributed by atoms with Crippen LogP contribution in [0.2, 0.25) is 0 Å². The van der Waals surface area contributed by atoms with Gasteiger partial charge in [-0.3, -0.25) is 4.79 Å². The van der Waals surface area contributed by atoms with Gasteiger partial charge in [0.25, 0.3) is 0 Å². The van der Waals surface area contributed by atoms with Gasteiger partial charge < -0.3 is 5.11 Å². The third-order valence-corrected chi connectivity index (χ3v) is 7.04. The molecule has 1 saturated carbocycles. The molecule has 2 heteroatoms. The Balaban J connectivity index is 1.79. The van der Waals surface area contributed by atoms with E-state index in [-0.39, 0.29) is 11.2 Å². The molecule has 0 bridgehead atoms. The van der Waals surface area contributed by atoms with E-state index in [1.165, 1.54) is 16.7 Å². The van der Waals surface area contributed by atoms with E-state index in [1.807, 2.05) is 12.2 Å². The lowest BCUT2D eigenvalue weighted by molar-refractivity contribution is -0.114. The van der Waals surface area contributed by atoms with Gasteiger partial charge in [0.05, 0.1) is 5.60 Å². The highest BCUT2D eigenvalue weighted by Crippen LogP contribution is 2.61. The number of rotatable bonds is 2. The second-order valence-corrected chi connectivity index (χ2v) is 8.00. The molecular formula is C21H26O2. The van der Waals surface area contributed by atoms with Gasteiger partial charge in [0.15, 0.2) is 5.78 Å². The van der Waals surface area contributed by atoms with E-state index < -0.39 is 5.60 Å². The van der Waals surface area contributed by atoms with Crippen LogP contribution in [-0.4, -0.2) is 16.5 Å². The second-order valence-electron chi connectivity index (χ2n) is 8.00. The minimum atomic E-state index is -0.648. The van der Waals surface area contributed by atoms with Crippen molar-refractivity contribution in [1.82, 2.24) is 0 Å². The molecule has 0 aromatic carbocycles. The van der Waals surface area contributed by atoms with Crippen molar-refractivity contribution in [3.63, 3.8) is 0 Å². The number of hydrogen-bond donors (Lipinski definition) is 1. The summed E-state index contributed by atoms with van der Waals surface area (Å²) in [4.78, 5) is 11.7. The first-order valence-corrected chi connectivity index (χ1v) is 8.98. The van der Waals surface area contributed by atoms with E-state index in [2.05, 4.69) is 25.7 Å². The van der Waals surface area contributed by atoms with Gasteiger partial charge in [-0.2, -0.15) is 0 Å². The highest BCUT2D eigenvalue weighted by Gasteiger charge is 2.58. The smallest absolute Gasteiger partial charge is 0.156 e. The Morgan fingerprint density at radius 2 is 2.17 bits per heavy atom. The second kappa shape index (κ2) is 5.04. The molecular weight excluding hydrogens is 284 g/mol. The molecule has 23 heavy (non-hydrogen) atoms. The van der Waals surface area contributed by atoms with Gasteiger partial charge in [0, 0.05) is 11.8 Å². The summed E-state index contributed by atoms with van der Waals surface area (Å²) in [6.45, 7) is 6.09. The first-order chi connectivity index (χ1) is 11.0. The van der Waals surface area contributed by atoms with Crippen molar-refractivity contribution in [2.45, 2.75) is 57.5 Å². The Morgan fingerprint density at radius 3 is 2.96 bits per heavy atom. The van der Waals surface area contributed by atoms with E-state index in [1.54, 1.807) is 0 Å². The van der Waals surface area contributed by atoms with Crippen molar-refractivity contribution in [2.24, 2.45) is 17.3 Å². The fraction of sp³-hybridized carbons (Fsp3) is 0.571. The van der Waals surface area contributed by atoms with Gasteiger partial charge in [-0.15, -0.1) is 6.58 Å². The summed E-state index contributed by atoms with van der Waals surface area (Å²) in [5, 5.41) is 11.2. The van der Waals surface area contributed by atoms with Crippen LogP contribution < -0.4 is 0 Å². The van der Waals surface area contributed by atoms with E-state index in [0.717, 1.165) is 32.1 Å². The molecule has 0 amide bonds. The van der Waals surface area contributed by atoms with E-state index in [9.17, 15) is 9.90 Å². The zero-order chi connectivity index (χ0) is 16.2. The Morgan fingerprint density at radius 1 is 1.35 bits per heavy atom. The summed E-state index contributed by atoms with van der Waals surface area (Å²) < 4.78 is 0. The van der Waals surface area contributed by atoms with Gasteiger partial charge in [-0.25, -0.2) is 0 Å². The van der Waals surface area contributed by atoms with Crippen LogP contribution in [0.1, 0.15) is 51.9 Å². The monoisotopic (exact) mass is 310 g/mol. The molecule has 4 aliphatic carbocycles. The van der Waals surface area contributed by atoms with Gasteiger partial charge in [-0.1, -0.05) is 25.2 Å². The molecule has 1 N–H and O–H groups in total. The van der Waals surface area contributed by atoms with Crippen molar-refractivity contribution < 1.29 is 9.90 Å². The lowest BCUT2D eigenvalue weighted by atomic mass is 9.58. The van der Waals surface area contributed by atoms with Crippen LogP contribution in [-0.2, 0) is 4.79 Å². The van der Waals surface area contributed by atoms with Crippen LogP contribution in [0, 0.1) is 17.3 Å². The SMILES string of the molecule is C=CC[C@]1(O)CCC2[C@@H]3CCC4=CC(=O)CCC4=C3C=C[C@@]21C. The molecule has 4 aliphatic rings. The Bertz CT molecular complexity index is 665. The van der Waals surface area contributed by atoms with E-state index >= 15 is 0 Å². The van der Waals surface area contributed by atoms with Gasteiger partial charge in [0.1, 0.15) is 0 Å². The summed E-state index contributed by atoms with van der Waals surface area (Å²) in [5.41, 5.74) is 3.37. The highest BCUT2D eigenvalue weighted by atomic mass is 16.3. The molecule has 122 valence electrons. The molecule has 0 aliphatic heterocycles. The quantitative estimate of drug-likeness (QED) is 0.773. The van der Waals surface area contributed by atoms with E-state index in [4.69, 9.17) is 0 Å². The summed E-state index contributed by atoms with van der Waals surface area (Å²) in [5.74, 6) is 1.34. The molecule has 0 saturated heterocycles. The molecule has 1 fully saturated rings. The molecule has 0 heterocycles. The predicted molar refractivity (Wildman–Crippen MR) is 91.8 cm³/mol. The number of hydrogen-bond acceptors (Lipinski definition) is 2. The first kappa shape index (κ1) is 15.1. The first-order valence-electron chi connectivity index (χ1n) is 8.98. The molecule has 0 radical (unpaired) electrons. The average Bonchev–Trinajstić information content (AvgIpc) is 2.79. The summed E-state index contributed by atoms with van der Waals surface area (Å²) >= 11 is 0. The normalized spacial score (nSPS) is 42.0. The molecule has 0 aromatic rings. The highest BCUT2D eigenvalue weighted by molar-refractivity contribution is 5.93. The lowest BCUT2D eigenvalue weighted by Gasteiger charge is -2.48. The van der Waals surface area contributed by atoms with Crippen LogP contribution in [0.25, 0.3) is 0 Å². The molecule has 2 nitrogen and oxygen atoms in total. The lowest BCUT2D eigenvalue weighted by Crippen LogP contribution is -2.47. The Kier molecular flexibility index (Phi) is 3.32. The van der Waals surface area contributed by atoms with Gasteiger partial charge in [0.2, 0.25) is 0 Å². The minimum absolute atomic E-state index is 0.151.